The van der Waals surface area contributed by atoms with E-state index in [1.807, 2.05) is 24.3 Å². The molecule has 9 nitrogen and oxygen atoms in total. The van der Waals surface area contributed by atoms with Crippen LogP contribution in [0.15, 0.2) is 48.5 Å². The van der Waals surface area contributed by atoms with Crippen molar-refractivity contribution in [1.82, 2.24) is 4.90 Å². The number of likely N-dealkylation sites (tertiary alicyclic amines) is 1. The quantitative estimate of drug-likeness (QED) is 0.383. The fraction of sp³-hybridized carbons (Fsp3) is 0.423. The standard InChI is InChI=1S/C24H30N2O3.C2H2O4/c1-28-22-10-6-18(7-11-22)24(27)25-21-8-12-23(13-9-21)29-15-3-14-26-16-19-4-2-5-20(19)17-26;3-1(4)2(5)6/h6-13,19-20H,2-5,14-17H2,1H3,(H,25,27);(H,3,4)(H,5,6). The van der Waals surface area contributed by atoms with Crippen molar-refractivity contribution in [2.45, 2.75) is 25.7 Å². The Labute approximate surface area is 204 Å². The third kappa shape index (κ3) is 7.99. The maximum atomic E-state index is 12.3. The number of hydrogen-bond acceptors (Lipinski definition) is 6. The monoisotopic (exact) mass is 484 g/mol. The topological polar surface area (TPSA) is 125 Å². The summed E-state index contributed by atoms with van der Waals surface area (Å²) in [6, 6.07) is 14.6. The summed E-state index contributed by atoms with van der Waals surface area (Å²) in [5.74, 6) is -0.309. The van der Waals surface area contributed by atoms with Gasteiger partial charge >= 0.3 is 11.9 Å². The first-order valence-electron chi connectivity index (χ1n) is 11.7. The van der Waals surface area contributed by atoms with Gasteiger partial charge in [0.15, 0.2) is 0 Å². The molecule has 1 amide bonds. The number of nitrogens with zero attached hydrogens (tertiary/aromatic N) is 1. The molecule has 2 aromatic rings. The zero-order chi connectivity index (χ0) is 25.2. The number of ether oxygens (including phenoxy) is 2. The lowest BCUT2D eigenvalue weighted by Crippen LogP contribution is -2.24. The van der Waals surface area contributed by atoms with E-state index in [1.165, 1.54) is 32.4 Å². The van der Waals surface area contributed by atoms with Gasteiger partial charge in [-0.3, -0.25) is 4.79 Å². The lowest BCUT2D eigenvalue weighted by molar-refractivity contribution is -0.159. The molecule has 0 bridgehead atoms. The Balaban J connectivity index is 0.000000509. The van der Waals surface area contributed by atoms with Crippen LogP contribution in [0.1, 0.15) is 36.0 Å². The van der Waals surface area contributed by atoms with E-state index in [-0.39, 0.29) is 5.91 Å². The molecule has 9 heteroatoms. The second-order valence-electron chi connectivity index (χ2n) is 8.73. The molecule has 1 aliphatic heterocycles. The molecule has 0 aromatic heterocycles. The summed E-state index contributed by atoms with van der Waals surface area (Å²) in [5.41, 5.74) is 1.35. The molecule has 2 unspecified atom stereocenters. The number of methoxy groups -OCH3 is 1. The average molecular weight is 485 g/mol. The van der Waals surface area contributed by atoms with Crippen LogP contribution < -0.4 is 14.8 Å². The first kappa shape index (κ1) is 26.0. The molecule has 188 valence electrons. The van der Waals surface area contributed by atoms with Crippen LogP contribution in [0.25, 0.3) is 0 Å². The number of fused-ring (bicyclic) bond motifs is 1. The molecule has 0 spiro atoms. The lowest BCUT2D eigenvalue weighted by atomic mass is 10.0. The van der Waals surface area contributed by atoms with E-state index in [0.29, 0.717) is 5.56 Å². The summed E-state index contributed by atoms with van der Waals surface area (Å²) in [5, 5.41) is 17.7. The van der Waals surface area contributed by atoms with Crippen molar-refractivity contribution in [3.63, 3.8) is 0 Å². The SMILES string of the molecule is COc1ccc(C(=O)Nc2ccc(OCCCN3CC4CCCC4C3)cc2)cc1.O=C(O)C(=O)O. The van der Waals surface area contributed by atoms with Crippen LogP contribution in [0.5, 0.6) is 11.5 Å². The summed E-state index contributed by atoms with van der Waals surface area (Å²) in [6.45, 7) is 4.42. The van der Waals surface area contributed by atoms with Crippen LogP contribution in [0.2, 0.25) is 0 Å². The third-order valence-corrected chi connectivity index (χ3v) is 6.34. The van der Waals surface area contributed by atoms with Gasteiger partial charge in [-0.25, -0.2) is 9.59 Å². The Morgan fingerprint density at radius 2 is 1.49 bits per heavy atom. The fourth-order valence-electron chi connectivity index (χ4n) is 4.57. The largest absolute Gasteiger partial charge is 0.497 e. The Bertz CT molecular complexity index is 968. The van der Waals surface area contributed by atoms with Crippen LogP contribution >= 0.6 is 0 Å². The summed E-state index contributed by atoms with van der Waals surface area (Å²) in [7, 11) is 1.61. The molecule has 2 aliphatic rings. The van der Waals surface area contributed by atoms with Gasteiger partial charge in [-0.05, 0) is 79.6 Å². The zero-order valence-electron chi connectivity index (χ0n) is 19.8. The Morgan fingerprint density at radius 1 is 0.914 bits per heavy atom. The number of carboxylic acid groups (broad SMARTS) is 2. The number of rotatable bonds is 8. The van der Waals surface area contributed by atoms with Crippen molar-refractivity contribution in [3.8, 4) is 11.5 Å². The minimum absolute atomic E-state index is 0.142. The first-order valence-corrected chi connectivity index (χ1v) is 11.7. The Hall–Kier alpha value is -3.59. The maximum absolute atomic E-state index is 12.3. The Kier molecular flexibility index (Phi) is 9.48. The Morgan fingerprint density at radius 3 is 2.03 bits per heavy atom. The highest BCUT2D eigenvalue weighted by Gasteiger charge is 2.35. The number of anilines is 1. The third-order valence-electron chi connectivity index (χ3n) is 6.34. The van der Waals surface area contributed by atoms with Gasteiger partial charge in [0, 0.05) is 30.9 Å². The van der Waals surface area contributed by atoms with Gasteiger partial charge in [-0.1, -0.05) is 6.42 Å². The summed E-state index contributed by atoms with van der Waals surface area (Å²) in [4.78, 5) is 33.1. The van der Waals surface area contributed by atoms with E-state index in [1.54, 1.807) is 31.4 Å². The van der Waals surface area contributed by atoms with Gasteiger partial charge < -0.3 is 29.9 Å². The molecule has 4 rings (SSSR count). The number of carbonyl (C=O) groups excluding carboxylic acids is 1. The van der Waals surface area contributed by atoms with Crippen LogP contribution in [0, 0.1) is 11.8 Å². The number of amides is 1. The van der Waals surface area contributed by atoms with Crippen molar-refractivity contribution in [2.24, 2.45) is 11.8 Å². The number of aliphatic carboxylic acids is 2. The molecule has 2 aromatic carbocycles. The highest BCUT2D eigenvalue weighted by atomic mass is 16.5. The highest BCUT2D eigenvalue weighted by molar-refractivity contribution is 6.27. The highest BCUT2D eigenvalue weighted by Crippen LogP contribution is 2.37. The van der Waals surface area contributed by atoms with Gasteiger partial charge in [-0.2, -0.15) is 0 Å². The number of nitrogens with one attached hydrogen (secondary N) is 1. The van der Waals surface area contributed by atoms with Crippen molar-refractivity contribution >= 4 is 23.5 Å². The maximum Gasteiger partial charge on any atom is 0.414 e. The van der Waals surface area contributed by atoms with Gasteiger partial charge in [0.1, 0.15) is 11.5 Å². The minimum Gasteiger partial charge on any atom is -0.497 e. The molecule has 0 radical (unpaired) electrons. The van der Waals surface area contributed by atoms with Gasteiger partial charge in [0.2, 0.25) is 0 Å². The van der Waals surface area contributed by atoms with E-state index in [2.05, 4.69) is 10.2 Å². The molecule has 3 N–H and O–H groups in total. The van der Waals surface area contributed by atoms with E-state index in [0.717, 1.165) is 48.6 Å². The van der Waals surface area contributed by atoms with Crippen LogP contribution in [-0.4, -0.2) is 66.3 Å². The van der Waals surface area contributed by atoms with Gasteiger partial charge in [0.25, 0.3) is 5.91 Å². The van der Waals surface area contributed by atoms with E-state index in [9.17, 15) is 4.79 Å². The fourth-order valence-corrected chi connectivity index (χ4v) is 4.57. The lowest BCUT2D eigenvalue weighted by Gasteiger charge is -2.16. The molecule has 1 saturated carbocycles. The normalized spacial score (nSPS) is 18.7. The number of benzene rings is 2. The van der Waals surface area contributed by atoms with Crippen molar-refractivity contribution in [1.29, 1.82) is 0 Å². The average Bonchev–Trinajstić information content (AvgIpc) is 3.45. The molecule has 2 atom stereocenters. The molecule has 2 fully saturated rings. The van der Waals surface area contributed by atoms with Crippen LogP contribution in [-0.2, 0) is 9.59 Å². The van der Waals surface area contributed by atoms with Crippen molar-refractivity contribution in [3.05, 3.63) is 54.1 Å². The molecule has 1 heterocycles. The van der Waals surface area contributed by atoms with Crippen LogP contribution in [0.4, 0.5) is 5.69 Å². The summed E-state index contributed by atoms with van der Waals surface area (Å²) >= 11 is 0. The van der Waals surface area contributed by atoms with Gasteiger partial charge in [-0.15, -0.1) is 0 Å². The van der Waals surface area contributed by atoms with Crippen LogP contribution in [0.3, 0.4) is 0 Å². The van der Waals surface area contributed by atoms with E-state index in [4.69, 9.17) is 29.3 Å². The number of carbonyl (C=O) groups is 3. The van der Waals surface area contributed by atoms with Crippen molar-refractivity contribution < 1.29 is 34.1 Å². The first-order chi connectivity index (χ1) is 16.9. The zero-order valence-corrected chi connectivity index (χ0v) is 19.8. The minimum atomic E-state index is -1.82. The smallest absolute Gasteiger partial charge is 0.414 e. The molecule has 1 aliphatic carbocycles. The second kappa shape index (κ2) is 12.8. The summed E-state index contributed by atoms with van der Waals surface area (Å²) in [6.07, 6.45) is 5.34. The predicted octanol–water partition coefficient (Wildman–Crippen LogP) is 3.60. The van der Waals surface area contributed by atoms with E-state index >= 15 is 0 Å². The number of hydrogen-bond donors (Lipinski definition) is 3. The predicted molar refractivity (Wildman–Crippen MR) is 130 cm³/mol. The molecular weight excluding hydrogens is 452 g/mol. The number of carboxylic acids is 2. The molecule has 1 saturated heterocycles. The van der Waals surface area contributed by atoms with Gasteiger partial charge in [0.05, 0.1) is 13.7 Å². The van der Waals surface area contributed by atoms with E-state index < -0.39 is 11.9 Å². The summed E-state index contributed by atoms with van der Waals surface area (Å²) < 4.78 is 11.0. The molecule has 35 heavy (non-hydrogen) atoms. The van der Waals surface area contributed by atoms with Crippen molar-refractivity contribution in [2.75, 3.05) is 38.7 Å². The second-order valence-corrected chi connectivity index (χ2v) is 8.73. The molecular formula is C26H32N2O7.